The van der Waals surface area contributed by atoms with E-state index in [0.29, 0.717) is 18.3 Å². The molecule has 0 aliphatic rings. The van der Waals surface area contributed by atoms with Gasteiger partial charge in [-0.1, -0.05) is 0 Å². The molecule has 0 aromatic carbocycles. The monoisotopic (exact) mass is 195 g/mol. The van der Waals surface area contributed by atoms with E-state index in [1.807, 2.05) is 4.90 Å². The van der Waals surface area contributed by atoms with Gasteiger partial charge in [-0.3, -0.25) is 0 Å². The highest BCUT2D eigenvalue weighted by Crippen LogP contribution is 2.12. The van der Waals surface area contributed by atoms with Crippen LogP contribution in [0.1, 0.15) is 19.4 Å². The largest absolute Gasteiger partial charge is 0.383 e. The zero-order valence-electron chi connectivity index (χ0n) is 8.70. The van der Waals surface area contributed by atoms with Crippen molar-refractivity contribution >= 4 is 11.8 Å². The fourth-order valence-corrected chi connectivity index (χ4v) is 1.23. The Hall–Kier alpha value is -1.36. The summed E-state index contributed by atoms with van der Waals surface area (Å²) in [7, 11) is 0. The first kappa shape index (κ1) is 10.7. The number of rotatable bonds is 4. The fraction of sp³-hybridized carbons (Fsp3) is 0.556. The lowest BCUT2D eigenvalue weighted by Crippen LogP contribution is -2.24. The summed E-state index contributed by atoms with van der Waals surface area (Å²) < 4.78 is 0. The lowest BCUT2D eigenvalue weighted by molar-refractivity contribution is 0.818. The molecule has 0 fully saturated rings. The van der Waals surface area contributed by atoms with Gasteiger partial charge in [-0.15, -0.1) is 0 Å². The second-order valence-electron chi connectivity index (χ2n) is 2.96. The molecule has 0 aliphatic heterocycles. The molecule has 1 aromatic heterocycles. The van der Waals surface area contributed by atoms with Crippen molar-refractivity contribution in [2.75, 3.05) is 23.7 Å². The molecule has 5 heteroatoms. The number of hydrogen-bond donors (Lipinski definition) is 2. The summed E-state index contributed by atoms with van der Waals surface area (Å²) in [6.45, 7) is 6.24. The number of hydrogen-bond acceptors (Lipinski definition) is 5. The molecule has 0 aliphatic carbocycles. The van der Waals surface area contributed by atoms with E-state index >= 15 is 0 Å². The Morgan fingerprint density at radius 2 is 2.00 bits per heavy atom. The molecule has 14 heavy (non-hydrogen) atoms. The van der Waals surface area contributed by atoms with Gasteiger partial charge in [0.1, 0.15) is 5.82 Å². The topological polar surface area (TPSA) is 81.1 Å². The average molecular weight is 195 g/mol. The van der Waals surface area contributed by atoms with E-state index in [4.69, 9.17) is 11.5 Å². The molecule has 0 atom stereocenters. The van der Waals surface area contributed by atoms with Crippen molar-refractivity contribution in [3.63, 3.8) is 0 Å². The summed E-state index contributed by atoms with van der Waals surface area (Å²) in [6, 6.07) is 0. The molecule has 78 valence electrons. The molecule has 0 amide bonds. The Bertz CT molecular complexity index is 295. The highest BCUT2D eigenvalue weighted by Gasteiger charge is 2.07. The van der Waals surface area contributed by atoms with Crippen molar-refractivity contribution in [1.29, 1.82) is 0 Å². The molecule has 1 aromatic rings. The van der Waals surface area contributed by atoms with Gasteiger partial charge >= 0.3 is 0 Å². The van der Waals surface area contributed by atoms with Crippen LogP contribution in [0.4, 0.5) is 11.8 Å². The predicted molar refractivity (Wildman–Crippen MR) is 57.9 cm³/mol. The lowest BCUT2D eigenvalue weighted by atomic mass is 10.3. The van der Waals surface area contributed by atoms with Crippen LogP contribution in [0.15, 0.2) is 6.20 Å². The van der Waals surface area contributed by atoms with Gasteiger partial charge in [0.2, 0.25) is 5.95 Å². The van der Waals surface area contributed by atoms with Crippen molar-refractivity contribution in [3.05, 3.63) is 11.8 Å². The van der Waals surface area contributed by atoms with E-state index in [1.165, 1.54) is 0 Å². The van der Waals surface area contributed by atoms with E-state index in [0.717, 1.165) is 18.7 Å². The molecular formula is C9H17N5. The van der Waals surface area contributed by atoms with Crippen LogP contribution in [0.5, 0.6) is 0 Å². The van der Waals surface area contributed by atoms with Gasteiger partial charge in [-0.2, -0.15) is 4.98 Å². The lowest BCUT2D eigenvalue weighted by Gasteiger charge is -2.18. The van der Waals surface area contributed by atoms with Crippen molar-refractivity contribution in [2.45, 2.75) is 20.4 Å². The smallest absolute Gasteiger partial charge is 0.227 e. The Kier molecular flexibility index (Phi) is 3.64. The maximum absolute atomic E-state index is 5.72. The van der Waals surface area contributed by atoms with Crippen LogP contribution in [0, 0.1) is 0 Å². The van der Waals surface area contributed by atoms with Crippen LogP contribution in [0.25, 0.3) is 0 Å². The zero-order chi connectivity index (χ0) is 10.6. The van der Waals surface area contributed by atoms with Gasteiger partial charge in [0, 0.05) is 31.4 Å². The summed E-state index contributed by atoms with van der Waals surface area (Å²) in [5, 5.41) is 0. The highest BCUT2D eigenvalue weighted by molar-refractivity contribution is 5.44. The van der Waals surface area contributed by atoms with Gasteiger partial charge in [0.05, 0.1) is 0 Å². The van der Waals surface area contributed by atoms with E-state index in [1.54, 1.807) is 6.20 Å². The van der Waals surface area contributed by atoms with Gasteiger partial charge in [-0.25, -0.2) is 4.98 Å². The molecule has 1 rings (SSSR count). The molecule has 5 nitrogen and oxygen atoms in total. The summed E-state index contributed by atoms with van der Waals surface area (Å²) in [4.78, 5) is 10.4. The first-order chi connectivity index (χ1) is 6.72. The van der Waals surface area contributed by atoms with Crippen LogP contribution in [-0.4, -0.2) is 23.1 Å². The minimum atomic E-state index is 0.379. The molecule has 4 N–H and O–H groups in total. The minimum absolute atomic E-state index is 0.379. The SMILES string of the molecule is CCN(CC)c1ncc(CN)c(N)n1. The third kappa shape index (κ3) is 2.11. The molecule has 0 radical (unpaired) electrons. The normalized spacial score (nSPS) is 10.2. The fourth-order valence-electron chi connectivity index (χ4n) is 1.23. The molecule has 0 bridgehead atoms. The van der Waals surface area contributed by atoms with Crippen molar-refractivity contribution in [2.24, 2.45) is 5.73 Å². The number of nitrogens with zero attached hydrogens (tertiary/aromatic N) is 3. The summed E-state index contributed by atoms with van der Waals surface area (Å²) in [6.07, 6.45) is 1.69. The van der Waals surface area contributed by atoms with Crippen LogP contribution in [0.3, 0.4) is 0 Å². The Labute approximate surface area is 84.1 Å². The molecule has 0 spiro atoms. The molecule has 0 unspecified atom stereocenters. The Morgan fingerprint density at radius 1 is 1.36 bits per heavy atom. The van der Waals surface area contributed by atoms with Gasteiger partial charge in [0.15, 0.2) is 0 Å². The standard InChI is InChI=1S/C9H17N5/c1-3-14(4-2)9-12-6-7(5-10)8(11)13-9/h6H,3-5,10H2,1-2H3,(H2,11,12,13). The Balaban J connectivity index is 2.95. The predicted octanol–water partition coefficient (Wildman–Crippen LogP) is 0.364. The number of nitrogen functional groups attached to an aromatic ring is 1. The zero-order valence-corrected chi connectivity index (χ0v) is 8.70. The summed E-state index contributed by atoms with van der Waals surface area (Å²) in [5.41, 5.74) is 12.0. The maximum atomic E-state index is 5.72. The second-order valence-corrected chi connectivity index (χ2v) is 2.96. The number of anilines is 2. The molecular weight excluding hydrogens is 178 g/mol. The van der Waals surface area contributed by atoms with Crippen LogP contribution in [-0.2, 0) is 6.54 Å². The molecule has 1 heterocycles. The third-order valence-electron chi connectivity index (χ3n) is 2.15. The second kappa shape index (κ2) is 4.76. The van der Waals surface area contributed by atoms with E-state index in [-0.39, 0.29) is 0 Å². The minimum Gasteiger partial charge on any atom is -0.383 e. The number of nitrogens with two attached hydrogens (primary N) is 2. The van der Waals surface area contributed by atoms with E-state index in [9.17, 15) is 0 Å². The van der Waals surface area contributed by atoms with Gasteiger partial charge < -0.3 is 16.4 Å². The van der Waals surface area contributed by atoms with Crippen molar-refractivity contribution in [1.82, 2.24) is 9.97 Å². The highest BCUT2D eigenvalue weighted by atomic mass is 15.2. The first-order valence-corrected chi connectivity index (χ1v) is 4.79. The van der Waals surface area contributed by atoms with E-state index < -0.39 is 0 Å². The first-order valence-electron chi connectivity index (χ1n) is 4.79. The molecule has 0 saturated carbocycles. The average Bonchev–Trinajstić information content (AvgIpc) is 2.20. The molecule has 0 saturated heterocycles. The number of aromatic nitrogens is 2. The summed E-state index contributed by atoms with van der Waals surface area (Å²) in [5.74, 6) is 1.15. The van der Waals surface area contributed by atoms with Gasteiger partial charge in [-0.05, 0) is 13.8 Å². The Morgan fingerprint density at radius 3 is 2.43 bits per heavy atom. The van der Waals surface area contributed by atoms with Crippen molar-refractivity contribution in [3.8, 4) is 0 Å². The van der Waals surface area contributed by atoms with Crippen LogP contribution < -0.4 is 16.4 Å². The van der Waals surface area contributed by atoms with Crippen molar-refractivity contribution < 1.29 is 0 Å². The van der Waals surface area contributed by atoms with Gasteiger partial charge in [0.25, 0.3) is 0 Å². The van der Waals surface area contributed by atoms with E-state index in [2.05, 4.69) is 23.8 Å². The quantitative estimate of drug-likeness (QED) is 0.725. The van der Waals surface area contributed by atoms with Crippen LogP contribution >= 0.6 is 0 Å². The maximum Gasteiger partial charge on any atom is 0.227 e. The van der Waals surface area contributed by atoms with Crippen LogP contribution in [0.2, 0.25) is 0 Å². The summed E-state index contributed by atoms with van der Waals surface area (Å²) >= 11 is 0. The third-order valence-corrected chi connectivity index (χ3v) is 2.15.